The Morgan fingerprint density at radius 2 is 1.83 bits per heavy atom. The van der Waals surface area contributed by atoms with Crippen molar-refractivity contribution in [2.24, 2.45) is 10.8 Å². The topological polar surface area (TPSA) is 20.2 Å². The molecule has 3 aliphatic carbocycles. The molecule has 0 aromatic rings. The van der Waals surface area contributed by atoms with Gasteiger partial charge in [0.05, 0.1) is 10.2 Å². The Morgan fingerprint density at radius 1 is 1.17 bits per heavy atom. The highest BCUT2D eigenvalue weighted by Crippen LogP contribution is 2.99. The minimum atomic E-state index is 0.0116. The predicted octanol–water partition coefficient (Wildman–Crippen LogP) is 1.71. The molecule has 1 unspecified atom stereocenters. The second kappa shape index (κ2) is 1.61. The zero-order valence-electron chi connectivity index (χ0n) is 6.88. The van der Waals surface area contributed by atoms with Gasteiger partial charge in [-0.2, -0.15) is 0 Å². The molecule has 4 aliphatic rings. The van der Waals surface area contributed by atoms with Gasteiger partial charge in [-0.15, -0.1) is 23.5 Å². The fourth-order valence-corrected chi connectivity index (χ4v) is 7.62. The monoisotopic (exact) mass is 200 g/mol. The van der Waals surface area contributed by atoms with Gasteiger partial charge in [-0.1, -0.05) is 0 Å². The van der Waals surface area contributed by atoms with E-state index in [4.69, 9.17) is 0 Å². The first kappa shape index (κ1) is 7.02. The molecule has 3 saturated carbocycles. The lowest BCUT2D eigenvalue weighted by molar-refractivity contribution is 0.132. The first-order valence-corrected chi connectivity index (χ1v) is 6.68. The maximum atomic E-state index is 10.0. The molecule has 66 valence electrons. The molecule has 1 heterocycles. The molecule has 0 aromatic carbocycles. The van der Waals surface area contributed by atoms with Gasteiger partial charge in [0.15, 0.2) is 0 Å². The van der Waals surface area contributed by atoms with E-state index in [0.717, 1.165) is 6.42 Å². The fraction of sp³-hybridized carbons (Fsp3) is 1.00. The number of thioether (sulfide) groups is 2. The van der Waals surface area contributed by atoms with E-state index in [9.17, 15) is 5.11 Å². The second-order valence-electron chi connectivity index (χ2n) is 4.80. The van der Waals surface area contributed by atoms with Gasteiger partial charge in [-0.25, -0.2) is 0 Å². The molecular weight excluding hydrogens is 188 g/mol. The minimum absolute atomic E-state index is 0.0116. The van der Waals surface area contributed by atoms with E-state index in [1.807, 2.05) is 0 Å². The molecule has 0 bridgehead atoms. The molecule has 4 fully saturated rings. The Bertz CT molecular complexity index is 264. The van der Waals surface area contributed by atoms with E-state index in [1.54, 1.807) is 0 Å². The average Bonchev–Trinajstić information content (AvgIpc) is 2.69. The van der Waals surface area contributed by atoms with Crippen LogP contribution in [0.4, 0.5) is 0 Å². The molecule has 4 rings (SSSR count). The van der Waals surface area contributed by atoms with Crippen LogP contribution in [0, 0.1) is 10.8 Å². The third-order valence-corrected chi connectivity index (χ3v) is 8.42. The summed E-state index contributed by atoms with van der Waals surface area (Å²) in [4.78, 5) is 0. The fourth-order valence-electron chi connectivity index (χ4n) is 3.69. The van der Waals surface area contributed by atoms with E-state index >= 15 is 0 Å². The maximum Gasteiger partial charge on any atom is 0.0930 e. The summed E-state index contributed by atoms with van der Waals surface area (Å²) in [5, 5.41) is 10.0. The Balaban J connectivity index is 1.84. The molecule has 1 N–H and O–H groups in total. The zero-order chi connectivity index (χ0) is 8.03. The van der Waals surface area contributed by atoms with Gasteiger partial charge in [0.25, 0.3) is 0 Å². The first-order valence-electron chi connectivity index (χ1n) is 4.71. The molecule has 1 aliphatic heterocycles. The van der Waals surface area contributed by atoms with Crippen LogP contribution in [0.5, 0.6) is 0 Å². The van der Waals surface area contributed by atoms with E-state index in [1.165, 1.54) is 24.3 Å². The van der Waals surface area contributed by atoms with Crippen molar-refractivity contribution in [2.75, 3.05) is 11.5 Å². The average molecular weight is 200 g/mol. The number of aliphatic hydroxyl groups excluding tert-OH is 1. The van der Waals surface area contributed by atoms with Gasteiger partial charge in [-0.3, -0.25) is 0 Å². The van der Waals surface area contributed by atoms with Crippen molar-refractivity contribution in [2.45, 2.75) is 29.4 Å². The highest BCUT2D eigenvalue weighted by molar-refractivity contribution is 8.21. The number of hydrogen-bond donors (Lipinski definition) is 1. The van der Waals surface area contributed by atoms with Gasteiger partial charge in [0.1, 0.15) is 0 Å². The lowest BCUT2D eigenvalue weighted by Crippen LogP contribution is -2.38. The standard InChI is InChI=1S/C9H12OS2/c10-6-3-7-4-8(7,5-7)9(6)11-1-2-12-9/h6,10H,1-5H2. The van der Waals surface area contributed by atoms with Gasteiger partial charge < -0.3 is 5.11 Å². The summed E-state index contributed by atoms with van der Waals surface area (Å²) in [5.74, 6) is 2.53. The summed E-state index contributed by atoms with van der Waals surface area (Å²) >= 11 is 4.12. The Labute approximate surface area is 80.7 Å². The van der Waals surface area contributed by atoms with Crippen LogP contribution >= 0.6 is 23.5 Å². The molecule has 12 heavy (non-hydrogen) atoms. The van der Waals surface area contributed by atoms with Gasteiger partial charge >= 0.3 is 0 Å². The van der Waals surface area contributed by atoms with Crippen LogP contribution in [0.25, 0.3) is 0 Å². The normalized spacial score (nSPS) is 63.2. The van der Waals surface area contributed by atoms with Crippen LogP contribution in [0.15, 0.2) is 0 Å². The second-order valence-corrected chi connectivity index (χ2v) is 7.74. The summed E-state index contributed by atoms with van der Waals surface area (Å²) in [6, 6.07) is 0. The van der Waals surface area contributed by atoms with Crippen molar-refractivity contribution in [3.8, 4) is 0 Å². The van der Waals surface area contributed by atoms with Crippen LogP contribution in [-0.4, -0.2) is 26.8 Å². The molecule has 3 heteroatoms. The van der Waals surface area contributed by atoms with E-state index in [-0.39, 0.29) is 10.2 Å². The Morgan fingerprint density at radius 3 is 2.33 bits per heavy atom. The smallest absolute Gasteiger partial charge is 0.0930 e. The van der Waals surface area contributed by atoms with Crippen molar-refractivity contribution in [1.29, 1.82) is 0 Å². The molecule has 0 radical (unpaired) electrons. The highest BCUT2D eigenvalue weighted by Gasteiger charge is 2.95. The molecule has 0 aromatic heterocycles. The summed E-state index contributed by atoms with van der Waals surface area (Å²) < 4.78 is 0.271. The van der Waals surface area contributed by atoms with E-state index in [0.29, 0.717) is 10.8 Å². The maximum absolute atomic E-state index is 10.0. The van der Waals surface area contributed by atoms with Crippen molar-refractivity contribution in [3.63, 3.8) is 0 Å². The third kappa shape index (κ3) is 0.457. The van der Waals surface area contributed by atoms with Crippen LogP contribution < -0.4 is 0 Å². The predicted molar refractivity (Wildman–Crippen MR) is 52.4 cm³/mol. The van der Waals surface area contributed by atoms with Crippen molar-refractivity contribution >= 4 is 23.5 Å². The molecule has 0 amide bonds. The van der Waals surface area contributed by atoms with Gasteiger partial charge in [0, 0.05) is 16.9 Å². The van der Waals surface area contributed by atoms with Crippen LogP contribution in [0.1, 0.15) is 19.3 Å². The third-order valence-electron chi connectivity index (χ3n) is 4.45. The molecule has 1 nitrogen and oxygen atoms in total. The Hall–Kier alpha value is 0.660. The number of rotatable bonds is 0. The lowest BCUT2D eigenvalue weighted by Gasteiger charge is -2.35. The summed E-state index contributed by atoms with van der Waals surface area (Å²) in [7, 11) is 0. The lowest BCUT2D eigenvalue weighted by atomic mass is 9.97. The molecule has 1 saturated heterocycles. The van der Waals surface area contributed by atoms with E-state index < -0.39 is 0 Å². The summed E-state index contributed by atoms with van der Waals surface area (Å²) in [6.45, 7) is 0. The van der Waals surface area contributed by atoms with Gasteiger partial charge in [-0.05, 0) is 24.7 Å². The van der Waals surface area contributed by atoms with Crippen LogP contribution in [0.3, 0.4) is 0 Å². The van der Waals surface area contributed by atoms with Crippen molar-refractivity contribution in [1.82, 2.24) is 0 Å². The number of hydrogen-bond acceptors (Lipinski definition) is 3. The molecule has 1 spiro atoms. The minimum Gasteiger partial charge on any atom is -0.391 e. The van der Waals surface area contributed by atoms with E-state index in [2.05, 4.69) is 23.5 Å². The van der Waals surface area contributed by atoms with Crippen molar-refractivity contribution in [3.05, 3.63) is 0 Å². The zero-order valence-corrected chi connectivity index (χ0v) is 8.51. The quantitative estimate of drug-likeness (QED) is 0.643. The highest BCUT2D eigenvalue weighted by atomic mass is 32.2. The first-order chi connectivity index (χ1) is 5.75. The van der Waals surface area contributed by atoms with Crippen molar-refractivity contribution < 1.29 is 5.11 Å². The SMILES string of the molecule is OC1CC23CC2(C3)C12SCCS2. The van der Waals surface area contributed by atoms with Crippen LogP contribution in [-0.2, 0) is 0 Å². The summed E-state index contributed by atoms with van der Waals surface area (Å²) in [6.07, 6.45) is 4.01. The number of aliphatic hydroxyl groups is 1. The molecule has 1 atom stereocenters. The Kier molecular flexibility index (Phi) is 0.943. The largest absolute Gasteiger partial charge is 0.391 e. The molecular formula is C9H12OS2. The summed E-state index contributed by atoms with van der Waals surface area (Å²) in [5.41, 5.74) is 1.29. The van der Waals surface area contributed by atoms with Crippen LogP contribution in [0.2, 0.25) is 0 Å². The van der Waals surface area contributed by atoms with Gasteiger partial charge in [0.2, 0.25) is 0 Å².